The molecule has 8 heteroatoms. The summed E-state index contributed by atoms with van der Waals surface area (Å²) >= 11 is 0. The van der Waals surface area contributed by atoms with E-state index in [4.69, 9.17) is 0 Å². The normalized spacial score (nSPS) is 11.5. The standard InChI is InChI=1S/C20H17FN6O/c1-3-27-11-16(17(28)15-9-4-12(2)23-19(15)27)18-24-20(26-25-18)22-10-13-5-7-14(21)8-6-13/h4-11H,3H2,1-2H3,(H,24,25,26). The van der Waals surface area contributed by atoms with Crippen molar-refractivity contribution in [3.8, 4) is 11.4 Å². The van der Waals surface area contributed by atoms with Gasteiger partial charge < -0.3 is 4.57 Å². The minimum Gasteiger partial charge on any atom is -0.332 e. The van der Waals surface area contributed by atoms with E-state index in [0.29, 0.717) is 34.5 Å². The minimum absolute atomic E-state index is 0.169. The number of fused-ring (bicyclic) bond motifs is 1. The second-order valence-electron chi connectivity index (χ2n) is 6.28. The third-order valence-corrected chi connectivity index (χ3v) is 4.33. The van der Waals surface area contributed by atoms with Crippen molar-refractivity contribution < 1.29 is 4.39 Å². The number of halogens is 1. The van der Waals surface area contributed by atoms with Gasteiger partial charge in [0.2, 0.25) is 5.43 Å². The van der Waals surface area contributed by atoms with E-state index in [1.54, 1.807) is 24.4 Å². The zero-order chi connectivity index (χ0) is 19.7. The monoisotopic (exact) mass is 376 g/mol. The van der Waals surface area contributed by atoms with Gasteiger partial charge in [0.1, 0.15) is 11.5 Å². The molecule has 0 aliphatic rings. The summed E-state index contributed by atoms with van der Waals surface area (Å²) in [6.45, 7) is 4.53. The summed E-state index contributed by atoms with van der Waals surface area (Å²) < 4.78 is 14.9. The molecular weight excluding hydrogens is 359 g/mol. The fourth-order valence-electron chi connectivity index (χ4n) is 2.88. The molecule has 0 fully saturated rings. The van der Waals surface area contributed by atoms with E-state index in [1.807, 2.05) is 24.5 Å². The molecule has 1 N–H and O–H groups in total. The lowest BCUT2D eigenvalue weighted by molar-refractivity contribution is 0.628. The van der Waals surface area contributed by atoms with Crippen LogP contribution in [0.15, 0.2) is 52.4 Å². The number of aliphatic imine (C=N–C) groups is 1. The second-order valence-corrected chi connectivity index (χ2v) is 6.28. The first kappa shape index (κ1) is 17.7. The van der Waals surface area contributed by atoms with Crippen LogP contribution in [0.3, 0.4) is 0 Å². The summed E-state index contributed by atoms with van der Waals surface area (Å²) in [4.78, 5) is 25.9. The molecule has 0 aliphatic carbocycles. The van der Waals surface area contributed by atoms with E-state index in [0.717, 1.165) is 5.69 Å². The fraction of sp³-hybridized carbons (Fsp3) is 0.150. The SMILES string of the molecule is CCn1cc(-c2nc(N=Cc3ccc(F)cc3)n[nH]2)c(=O)c2ccc(C)nc21. The number of benzene rings is 1. The molecular formula is C20H17FN6O. The van der Waals surface area contributed by atoms with Gasteiger partial charge >= 0.3 is 0 Å². The van der Waals surface area contributed by atoms with E-state index in [1.165, 1.54) is 18.3 Å². The van der Waals surface area contributed by atoms with Crippen LogP contribution in [-0.4, -0.2) is 30.9 Å². The van der Waals surface area contributed by atoms with E-state index in [-0.39, 0.29) is 17.2 Å². The van der Waals surface area contributed by atoms with Crippen molar-refractivity contribution in [2.24, 2.45) is 4.99 Å². The first-order valence-electron chi connectivity index (χ1n) is 8.78. The first-order chi connectivity index (χ1) is 13.5. The molecule has 0 saturated carbocycles. The number of H-pyrrole nitrogens is 1. The lowest BCUT2D eigenvalue weighted by Gasteiger charge is -2.10. The Morgan fingerprint density at radius 1 is 1.18 bits per heavy atom. The molecule has 0 unspecified atom stereocenters. The molecule has 3 aromatic heterocycles. The van der Waals surface area contributed by atoms with Crippen LogP contribution in [-0.2, 0) is 6.54 Å². The number of aromatic amines is 1. The third-order valence-electron chi connectivity index (χ3n) is 4.33. The molecule has 0 amide bonds. The quantitative estimate of drug-likeness (QED) is 0.553. The van der Waals surface area contributed by atoms with Crippen molar-refractivity contribution in [1.82, 2.24) is 24.7 Å². The maximum absolute atomic E-state index is 13.0. The highest BCUT2D eigenvalue weighted by molar-refractivity contribution is 5.82. The van der Waals surface area contributed by atoms with Crippen LogP contribution in [0.25, 0.3) is 22.4 Å². The Balaban J connectivity index is 1.73. The molecule has 3 heterocycles. The minimum atomic E-state index is -0.314. The Morgan fingerprint density at radius 3 is 2.71 bits per heavy atom. The number of rotatable bonds is 4. The Kier molecular flexibility index (Phi) is 4.52. The van der Waals surface area contributed by atoms with Gasteiger partial charge in [-0.2, -0.15) is 4.98 Å². The smallest absolute Gasteiger partial charge is 0.268 e. The van der Waals surface area contributed by atoms with Gasteiger partial charge in [-0.1, -0.05) is 12.1 Å². The van der Waals surface area contributed by atoms with Crippen LogP contribution in [0.1, 0.15) is 18.2 Å². The van der Waals surface area contributed by atoms with Crippen molar-refractivity contribution in [2.45, 2.75) is 20.4 Å². The van der Waals surface area contributed by atoms with E-state index < -0.39 is 0 Å². The van der Waals surface area contributed by atoms with Gasteiger partial charge in [0.15, 0.2) is 5.82 Å². The van der Waals surface area contributed by atoms with Crippen LogP contribution in [0, 0.1) is 12.7 Å². The molecule has 4 aromatic rings. The summed E-state index contributed by atoms with van der Waals surface area (Å²) in [5.41, 5.74) is 2.44. The van der Waals surface area contributed by atoms with Gasteiger partial charge in [0.05, 0.1) is 10.9 Å². The highest BCUT2D eigenvalue weighted by Crippen LogP contribution is 2.18. The fourth-order valence-corrected chi connectivity index (χ4v) is 2.88. The highest BCUT2D eigenvalue weighted by atomic mass is 19.1. The van der Waals surface area contributed by atoms with Crippen molar-refractivity contribution in [3.05, 3.63) is 69.9 Å². The molecule has 1 aromatic carbocycles. The molecule has 7 nitrogen and oxygen atoms in total. The van der Waals surface area contributed by atoms with Crippen LogP contribution in [0.5, 0.6) is 0 Å². The third kappa shape index (κ3) is 3.32. The van der Waals surface area contributed by atoms with Gasteiger partial charge in [0, 0.05) is 24.7 Å². The van der Waals surface area contributed by atoms with Gasteiger partial charge in [0.25, 0.3) is 5.95 Å². The lowest BCUT2D eigenvalue weighted by Crippen LogP contribution is -2.13. The number of pyridine rings is 2. The highest BCUT2D eigenvalue weighted by Gasteiger charge is 2.14. The van der Waals surface area contributed by atoms with Crippen molar-refractivity contribution >= 4 is 23.2 Å². The Labute approximate surface area is 159 Å². The van der Waals surface area contributed by atoms with E-state index >= 15 is 0 Å². The molecule has 140 valence electrons. The van der Waals surface area contributed by atoms with Crippen molar-refractivity contribution in [1.29, 1.82) is 0 Å². The van der Waals surface area contributed by atoms with Gasteiger partial charge in [-0.15, -0.1) is 5.10 Å². The Hall–Kier alpha value is -3.68. The largest absolute Gasteiger partial charge is 0.332 e. The molecule has 0 radical (unpaired) electrons. The summed E-state index contributed by atoms with van der Waals surface area (Å²) in [5, 5.41) is 7.34. The Bertz CT molecular complexity index is 1240. The van der Waals surface area contributed by atoms with Crippen molar-refractivity contribution in [3.63, 3.8) is 0 Å². The van der Waals surface area contributed by atoms with E-state index in [2.05, 4.69) is 25.2 Å². The number of hydrogen-bond donors (Lipinski definition) is 1. The number of nitrogens with one attached hydrogen (secondary N) is 1. The van der Waals surface area contributed by atoms with Gasteiger partial charge in [-0.3, -0.25) is 9.89 Å². The van der Waals surface area contributed by atoms with Gasteiger partial charge in [-0.25, -0.2) is 14.4 Å². The molecule has 4 rings (SSSR count). The van der Waals surface area contributed by atoms with Crippen LogP contribution in [0.2, 0.25) is 0 Å². The summed E-state index contributed by atoms with van der Waals surface area (Å²) in [7, 11) is 0. The Morgan fingerprint density at radius 2 is 1.96 bits per heavy atom. The first-order valence-corrected chi connectivity index (χ1v) is 8.78. The zero-order valence-corrected chi connectivity index (χ0v) is 15.3. The summed E-state index contributed by atoms with van der Waals surface area (Å²) in [5.74, 6) is 0.204. The molecule has 0 atom stereocenters. The molecule has 0 aliphatic heterocycles. The van der Waals surface area contributed by atoms with Crippen LogP contribution in [0.4, 0.5) is 10.3 Å². The average molecular weight is 376 g/mol. The van der Waals surface area contributed by atoms with Crippen LogP contribution < -0.4 is 5.43 Å². The lowest BCUT2D eigenvalue weighted by atomic mass is 10.1. The number of aryl methyl sites for hydroxylation is 2. The van der Waals surface area contributed by atoms with Gasteiger partial charge in [-0.05, 0) is 43.7 Å². The summed E-state index contributed by atoms with van der Waals surface area (Å²) in [6.07, 6.45) is 3.26. The summed E-state index contributed by atoms with van der Waals surface area (Å²) in [6, 6.07) is 9.49. The number of nitrogens with zero attached hydrogens (tertiary/aromatic N) is 5. The maximum Gasteiger partial charge on any atom is 0.268 e. The van der Waals surface area contributed by atoms with E-state index in [9.17, 15) is 9.18 Å². The topological polar surface area (TPSA) is 88.8 Å². The predicted molar refractivity (Wildman–Crippen MR) is 105 cm³/mol. The zero-order valence-electron chi connectivity index (χ0n) is 15.3. The average Bonchev–Trinajstić information content (AvgIpc) is 3.16. The molecule has 0 spiro atoms. The molecule has 0 bridgehead atoms. The predicted octanol–water partition coefficient (Wildman–Crippen LogP) is 3.40. The van der Waals surface area contributed by atoms with Crippen molar-refractivity contribution in [2.75, 3.05) is 0 Å². The number of aromatic nitrogens is 5. The molecule has 0 saturated heterocycles. The second kappa shape index (κ2) is 7.15. The maximum atomic E-state index is 13.0. The van der Waals surface area contributed by atoms with Crippen LogP contribution >= 0.6 is 0 Å². The number of hydrogen-bond acceptors (Lipinski definition) is 5. The molecule has 28 heavy (non-hydrogen) atoms.